The van der Waals surface area contributed by atoms with E-state index in [1.807, 2.05) is 0 Å². The molecule has 2 aliphatic rings. The van der Waals surface area contributed by atoms with Gasteiger partial charge in [-0.25, -0.2) is 4.79 Å². The van der Waals surface area contributed by atoms with E-state index >= 15 is 0 Å². The molecule has 0 aromatic heterocycles. The Morgan fingerprint density at radius 2 is 1.87 bits per heavy atom. The lowest BCUT2D eigenvalue weighted by atomic mass is 10.0. The van der Waals surface area contributed by atoms with E-state index in [1.54, 1.807) is 30.3 Å². The van der Waals surface area contributed by atoms with Crippen LogP contribution in [0.4, 0.5) is 13.2 Å². The molecule has 1 N–H and O–H groups in total. The molecule has 0 unspecified atom stereocenters. The average Bonchev–Trinajstić information content (AvgIpc) is 2.90. The number of carbonyl (C=O) groups is 3. The molecule has 0 bridgehead atoms. The van der Waals surface area contributed by atoms with Gasteiger partial charge in [-0.2, -0.15) is 18.4 Å². The van der Waals surface area contributed by atoms with E-state index in [1.165, 1.54) is 35.9 Å². The first kappa shape index (κ1) is 27.4. The largest absolute Gasteiger partial charge is 0.497 e. The number of carbonyl (C=O) groups excluding carboxylic acids is 3. The van der Waals surface area contributed by atoms with Crippen LogP contribution in [0.3, 0.4) is 0 Å². The Morgan fingerprint density at radius 1 is 1.18 bits per heavy atom. The van der Waals surface area contributed by atoms with Gasteiger partial charge in [0.1, 0.15) is 35.9 Å². The number of amides is 2. The zero-order valence-corrected chi connectivity index (χ0v) is 21.4. The summed E-state index contributed by atoms with van der Waals surface area (Å²) in [6.45, 7) is -0.0905. The molecular formula is C25H20F3N3O5S2. The second-order valence-corrected chi connectivity index (χ2v) is 10.4. The lowest BCUT2D eigenvalue weighted by molar-refractivity contribution is -0.153. The monoisotopic (exact) mass is 563 g/mol. The van der Waals surface area contributed by atoms with E-state index in [4.69, 9.17) is 14.7 Å². The van der Waals surface area contributed by atoms with Crippen LogP contribution in [-0.4, -0.2) is 47.0 Å². The highest BCUT2D eigenvalue weighted by atomic mass is 32.2. The minimum Gasteiger partial charge on any atom is -0.497 e. The third kappa shape index (κ3) is 5.92. The lowest BCUT2D eigenvalue weighted by Crippen LogP contribution is -2.70. The van der Waals surface area contributed by atoms with Gasteiger partial charge in [-0.05, 0) is 42.0 Å². The SMILES string of the molecule is COc1ccc(COC(=O)C2=C(Sc3ccc(C(F)(F)F)cc3)CS[C@H]3[C@H](NC(=O)CC#N)C(=O)N23)cc1. The van der Waals surface area contributed by atoms with Crippen molar-refractivity contribution in [2.24, 2.45) is 0 Å². The summed E-state index contributed by atoms with van der Waals surface area (Å²) in [6, 6.07) is 12.1. The maximum absolute atomic E-state index is 13.2. The van der Waals surface area contributed by atoms with E-state index in [0.717, 1.165) is 23.9 Å². The number of ether oxygens (including phenoxy) is 2. The minimum absolute atomic E-state index is 0.0251. The molecule has 0 spiro atoms. The van der Waals surface area contributed by atoms with Gasteiger partial charge in [0.15, 0.2) is 0 Å². The van der Waals surface area contributed by atoms with E-state index in [0.29, 0.717) is 21.1 Å². The molecule has 0 aliphatic carbocycles. The lowest BCUT2D eigenvalue weighted by Gasteiger charge is -2.49. The number of benzene rings is 2. The van der Waals surface area contributed by atoms with Gasteiger partial charge in [0.25, 0.3) is 5.91 Å². The molecule has 4 rings (SSSR count). The van der Waals surface area contributed by atoms with Crippen LogP contribution in [0.2, 0.25) is 0 Å². The predicted molar refractivity (Wildman–Crippen MR) is 132 cm³/mol. The second-order valence-electron chi connectivity index (χ2n) is 8.11. The van der Waals surface area contributed by atoms with Crippen molar-refractivity contribution in [1.29, 1.82) is 5.26 Å². The number of esters is 1. The number of halogens is 3. The van der Waals surface area contributed by atoms with E-state index in [-0.39, 0.29) is 18.1 Å². The highest BCUT2D eigenvalue weighted by Crippen LogP contribution is 2.45. The van der Waals surface area contributed by atoms with Crippen LogP contribution >= 0.6 is 23.5 Å². The van der Waals surface area contributed by atoms with Gasteiger partial charge in [0.2, 0.25) is 5.91 Å². The van der Waals surface area contributed by atoms with Crippen LogP contribution in [0.1, 0.15) is 17.5 Å². The first-order valence-electron chi connectivity index (χ1n) is 11.1. The minimum atomic E-state index is -4.48. The maximum Gasteiger partial charge on any atom is 0.416 e. The molecule has 198 valence electrons. The smallest absolute Gasteiger partial charge is 0.416 e. The number of nitriles is 1. The number of nitrogens with one attached hydrogen (secondary N) is 1. The Labute approximate surface area is 224 Å². The molecule has 1 fully saturated rings. The van der Waals surface area contributed by atoms with Gasteiger partial charge in [-0.15, -0.1) is 11.8 Å². The fourth-order valence-corrected chi connectivity index (χ4v) is 6.22. The summed E-state index contributed by atoms with van der Waals surface area (Å²) in [5, 5.41) is 10.6. The standard InChI is InChI=1S/C25H20F3N3O5S2/c1-35-16-6-2-14(3-7-16)12-36-24(34)21-18(38-17-8-4-15(5-9-17)25(26,27)28)13-37-23-20(22(33)31(21)23)30-19(32)10-11-29/h2-9,20,23H,10,12-13H2,1H3,(H,30,32)/t20-,23+/m1/s1. The molecule has 8 nitrogen and oxygen atoms in total. The Kier molecular flexibility index (Phi) is 8.23. The number of methoxy groups -OCH3 is 1. The van der Waals surface area contributed by atoms with Gasteiger partial charge in [0.05, 0.1) is 18.7 Å². The van der Waals surface area contributed by atoms with Crippen molar-refractivity contribution in [2.75, 3.05) is 12.9 Å². The second kappa shape index (κ2) is 11.4. The molecule has 13 heteroatoms. The van der Waals surface area contributed by atoms with Crippen molar-refractivity contribution in [3.8, 4) is 11.8 Å². The normalized spacial score (nSPS) is 18.7. The van der Waals surface area contributed by atoms with Crippen molar-refractivity contribution in [2.45, 2.75) is 35.5 Å². The molecule has 2 aliphatic heterocycles. The number of hydrogen-bond acceptors (Lipinski definition) is 8. The summed E-state index contributed by atoms with van der Waals surface area (Å²) in [6.07, 6.45) is -4.90. The Morgan fingerprint density at radius 3 is 2.47 bits per heavy atom. The molecule has 2 amide bonds. The van der Waals surface area contributed by atoms with Gasteiger partial charge in [-0.1, -0.05) is 23.9 Å². The van der Waals surface area contributed by atoms with Crippen LogP contribution in [0.25, 0.3) is 0 Å². The molecule has 2 aromatic rings. The van der Waals surface area contributed by atoms with Crippen LogP contribution in [0.15, 0.2) is 64.0 Å². The number of β-lactam (4-membered cyclic amide) rings is 1. The maximum atomic E-state index is 13.2. The first-order chi connectivity index (χ1) is 18.1. The Hall–Kier alpha value is -3.63. The highest BCUT2D eigenvalue weighted by molar-refractivity contribution is 8.06. The van der Waals surface area contributed by atoms with Crippen LogP contribution in [-0.2, 0) is 31.9 Å². The van der Waals surface area contributed by atoms with Crippen molar-refractivity contribution in [3.05, 3.63) is 70.3 Å². The number of fused-ring (bicyclic) bond motifs is 1. The fraction of sp³-hybridized carbons (Fsp3) is 0.280. The molecule has 38 heavy (non-hydrogen) atoms. The number of nitrogens with zero attached hydrogens (tertiary/aromatic N) is 2. The van der Waals surface area contributed by atoms with E-state index < -0.39 is 47.4 Å². The quantitative estimate of drug-likeness (QED) is 0.378. The number of thioether (sulfide) groups is 2. The van der Waals surface area contributed by atoms with Crippen molar-refractivity contribution < 1.29 is 37.0 Å². The van der Waals surface area contributed by atoms with E-state index in [9.17, 15) is 27.6 Å². The molecule has 1 saturated heterocycles. The molecule has 0 saturated carbocycles. The number of alkyl halides is 3. The third-order valence-corrected chi connectivity index (χ3v) is 8.19. The Balaban J connectivity index is 1.58. The summed E-state index contributed by atoms with van der Waals surface area (Å²) in [7, 11) is 1.52. The molecular weight excluding hydrogens is 543 g/mol. The van der Waals surface area contributed by atoms with E-state index in [2.05, 4.69) is 5.32 Å². The summed E-state index contributed by atoms with van der Waals surface area (Å²) < 4.78 is 49.5. The van der Waals surface area contributed by atoms with Crippen molar-refractivity contribution >= 4 is 41.3 Å². The average molecular weight is 564 g/mol. The number of hydrogen-bond donors (Lipinski definition) is 1. The van der Waals surface area contributed by atoms with Crippen LogP contribution in [0, 0.1) is 11.3 Å². The van der Waals surface area contributed by atoms with Crippen molar-refractivity contribution in [3.63, 3.8) is 0 Å². The zero-order chi connectivity index (χ0) is 27.4. The topological polar surface area (TPSA) is 109 Å². The van der Waals surface area contributed by atoms with Gasteiger partial charge >= 0.3 is 12.1 Å². The molecule has 0 radical (unpaired) electrons. The van der Waals surface area contributed by atoms with Crippen LogP contribution < -0.4 is 10.1 Å². The molecule has 2 atom stereocenters. The fourth-order valence-electron chi connectivity index (χ4n) is 3.75. The van der Waals surface area contributed by atoms with Gasteiger partial charge < -0.3 is 14.8 Å². The van der Waals surface area contributed by atoms with Gasteiger partial charge in [0, 0.05) is 15.6 Å². The summed E-state index contributed by atoms with van der Waals surface area (Å²) >= 11 is 2.35. The summed E-state index contributed by atoms with van der Waals surface area (Å²) in [4.78, 5) is 40.2. The molecule has 2 heterocycles. The molecule has 2 aromatic carbocycles. The van der Waals surface area contributed by atoms with Crippen molar-refractivity contribution in [1.82, 2.24) is 10.2 Å². The third-order valence-electron chi connectivity index (χ3n) is 5.63. The first-order valence-corrected chi connectivity index (χ1v) is 13.0. The van der Waals surface area contributed by atoms with Gasteiger partial charge in [-0.3, -0.25) is 14.5 Å². The highest BCUT2D eigenvalue weighted by Gasteiger charge is 2.54. The van der Waals surface area contributed by atoms with Crippen LogP contribution in [0.5, 0.6) is 5.75 Å². The summed E-state index contributed by atoms with van der Waals surface area (Å²) in [5.74, 6) is -1.06. The zero-order valence-electron chi connectivity index (χ0n) is 19.8. The summed E-state index contributed by atoms with van der Waals surface area (Å²) in [5.41, 5.74) is -0.153. The Bertz CT molecular complexity index is 1310. The predicted octanol–water partition coefficient (Wildman–Crippen LogP) is 4.07. The number of rotatable bonds is 8.